The number of thioether (sulfide) groups is 1. The van der Waals surface area contributed by atoms with E-state index in [0.717, 1.165) is 33.5 Å². The van der Waals surface area contributed by atoms with Gasteiger partial charge in [-0.3, -0.25) is 0 Å². The van der Waals surface area contributed by atoms with Gasteiger partial charge in [-0.05, 0) is 31.2 Å². The molecule has 1 unspecified atom stereocenters. The fourth-order valence-electron chi connectivity index (χ4n) is 1.92. The summed E-state index contributed by atoms with van der Waals surface area (Å²) in [6, 6.07) is 7.48. The van der Waals surface area contributed by atoms with Crippen molar-refractivity contribution in [1.82, 2.24) is 0 Å². The van der Waals surface area contributed by atoms with Crippen molar-refractivity contribution in [3.8, 4) is 11.5 Å². The van der Waals surface area contributed by atoms with E-state index in [1.807, 2.05) is 31.2 Å². The maximum Gasteiger partial charge on any atom is 0.123 e. The van der Waals surface area contributed by atoms with Gasteiger partial charge in [0.25, 0.3) is 0 Å². The van der Waals surface area contributed by atoms with E-state index in [0.29, 0.717) is 0 Å². The minimum atomic E-state index is -0.139. The molecule has 1 atom stereocenters. The molecule has 0 bridgehead atoms. The van der Waals surface area contributed by atoms with E-state index in [4.69, 9.17) is 19.6 Å². The molecule has 0 aliphatic heterocycles. The summed E-state index contributed by atoms with van der Waals surface area (Å²) in [5.74, 6) is 3.22. The zero-order chi connectivity index (χ0) is 14.5. The number of aryl methyl sites for hydroxylation is 1. The van der Waals surface area contributed by atoms with E-state index in [-0.39, 0.29) is 6.04 Å². The number of ether oxygens (including phenoxy) is 2. The molecule has 108 valence electrons. The van der Waals surface area contributed by atoms with Crippen LogP contribution in [0.3, 0.4) is 0 Å². The molecule has 2 rings (SSSR count). The van der Waals surface area contributed by atoms with E-state index in [1.54, 1.807) is 32.2 Å². The highest BCUT2D eigenvalue weighted by Crippen LogP contribution is 2.32. The molecule has 0 amide bonds. The molecule has 0 saturated heterocycles. The molecule has 5 heteroatoms. The van der Waals surface area contributed by atoms with E-state index in [2.05, 4.69) is 0 Å². The molecule has 0 saturated carbocycles. The van der Waals surface area contributed by atoms with Gasteiger partial charge in [0, 0.05) is 22.3 Å². The average molecular weight is 293 g/mol. The average Bonchev–Trinajstić information content (AvgIpc) is 2.89. The number of furan rings is 1. The van der Waals surface area contributed by atoms with E-state index in [9.17, 15) is 0 Å². The van der Waals surface area contributed by atoms with Gasteiger partial charge in [0.1, 0.15) is 17.3 Å². The Bertz CT molecular complexity index is 568. The number of hydrogen-bond acceptors (Lipinski definition) is 5. The number of hydrogen-bond donors (Lipinski definition) is 1. The van der Waals surface area contributed by atoms with Gasteiger partial charge in [0.2, 0.25) is 0 Å². The molecular formula is C15H19NO3S. The maximum absolute atomic E-state index is 6.27. The van der Waals surface area contributed by atoms with Crippen LogP contribution in [0.15, 0.2) is 39.8 Å². The quantitative estimate of drug-likeness (QED) is 0.827. The zero-order valence-corrected chi connectivity index (χ0v) is 12.7. The molecule has 2 aromatic rings. The highest BCUT2D eigenvalue weighted by Gasteiger charge is 2.14. The van der Waals surface area contributed by atoms with Crippen LogP contribution in [0.2, 0.25) is 0 Å². The van der Waals surface area contributed by atoms with Crippen LogP contribution in [-0.4, -0.2) is 20.0 Å². The fourth-order valence-corrected chi connectivity index (χ4v) is 2.86. The minimum absolute atomic E-state index is 0.139. The van der Waals surface area contributed by atoms with Crippen LogP contribution >= 0.6 is 11.8 Å². The van der Waals surface area contributed by atoms with Crippen LogP contribution in [0.1, 0.15) is 17.4 Å². The first-order valence-corrected chi connectivity index (χ1v) is 7.28. The van der Waals surface area contributed by atoms with Crippen molar-refractivity contribution in [1.29, 1.82) is 0 Å². The molecule has 20 heavy (non-hydrogen) atoms. The summed E-state index contributed by atoms with van der Waals surface area (Å²) in [4.78, 5) is 1.11. The Balaban J connectivity index is 2.11. The Morgan fingerprint density at radius 3 is 2.65 bits per heavy atom. The molecule has 0 aliphatic rings. The van der Waals surface area contributed by atoms with Gasteiger partial charge in [-0.15, -0.1) is 11.8 Å². The Morgan fingerprint density at radius 1 is 1.25 bits per heavy atom. The Hall–Kier alpha value is -1.59. The first kappa shape index (κ1) is 14.8. The number of nitrogens with two attached hydrogens (primary N) is 1. The number of rotatable bonds is 6. The molecule has 1 aromatic carbocycles. The summed E-state index contributed by atoms with van der Waals surface area (Å²) in [6.45, 7) is 1.94. The molecule has 0 fully saturated rings. The van der Waals surface area contributed by atoms with E-state index < -0.39 is 0 Å². The smallest absolute Gasteiger partial charge is 0.123 e. The third kappa shape index (κ3) is 3.29. The molecular weight excluding hydrogens is 274 g/mol. The molecule has 4 nitrogen and oxygen atoms in total. The SMILES string of the molecule is COc1ccc(OC)c(C(N)CSc2ccoc2C)c1. The zero-order valence-electron chi connectivity index (χ0n) is 11.9. The van der Waals surface area contributed by atoms with E-state index in [1.165, 1.54) is 0 Å². The van der Waals surface area contributed by atoms with Crippen LogP contribution in [0.25, 0.3) is 0 Å². The lowest BCUT2D eigenvalue weighted by Crippen LogP contribution is -2.14. The molecule has 0 spiro atoms. The topological polar surface area (TPSA) is 57.6 Å². The third-order valence-electron chi connectivity index (χ3n) is 3.07. The second kappa shape index (κ2) is 6.72. The monoisotopic (exact) mass is 293 g/mol. The van der Waals surface area contributed by atoms with Crippen molar-refractivity contribution in [2.45, 2.75) is 17.9 Å². The van der Waals surface area contributed by atoms with E-state index >= 15 is 0 Å². The Labute approximate surface area is 123 Å². The summed E-state index contributed by atoms with van der Waals surface area (Å²) in [6.07, 6.45) is 1.69. The molecule has 0 aliphatic carbocycles. The number of methoxy groups -OCH3 is 2. The van der Waals surface area contributed by atoms with Crippen molar-refractivity contribution < 1.29 is 13.9 Å². The summed E-state index contributed by atoms with van der Waals surface area (Å²) in [5, 5.41) is 0. The lowest BCUT2D eigenvalue weighted by Gasteiger charge is -2.16. The normalized spacial score (nSPS) is 12.2. The first-order valence-electron chi connectivity index (χ1n) is 6.30. The van der Waals surface area contributed by atoms with Crippen molar-refractivity contribution in [3.05, 3.63) is 41.9 Å². The molecule has 2 N–H and O–H groups in total. The highest BCUT2D eigenvalue weighted by atomic mass is 32.2. The van der Waals surface area contributed by atoms with Crippen molar-refractivity contribution in [3.63, 3.8) is 0 Å². The molecule has 1 heterocycles. The van der Waals surface area contributed by atoms with Gasteiger partial charge in [-0.1, -0.05) is 0 Å². The van der Waals surface area contributed by atoms with Gasteiger partial charge < -0.3 is 19.6 Å². The van der Waals surface area contributed by atoms with Crippen LogP contribution in [0, 0.1) is 6.92 Å². The second-order valence-corrected chi connectivity index (χ2v) is 5.43. The van der Waals surface area contributed by atoms with Gasteiger partial charge in [0.05, 0.1) is 20.5 Å². The highest BCUT2D eigenvalue weighted by molar-refractivity contribution is 7.99. The molecule has 0 radical (unpaired) electrons. The van der Waals surface area contributed by atoms with Crippen LogP contribution < -0.4 is 15.2 Å². The van der Waals surface area contributed by atoms with Crippen LogP contribution in [0.5, 0.6) is 11.5 Å². The van der Waals surface area contributed by atoms with Gasteiger partial charge in [-0.25, -0.2) is 0 Å². The lowest BCUT2D eigenvalue weighted by atomic mass is 10.1. The second-order valence-electron chi connectivity index (χ2n) is 4.37. The number of benzene rings is 1. The minimum Gasteiger partial charge on any atom is -0.497 e. The lowest BCUT2D eigenvalue weighted by molar-refractivity contribution is 0.396. The van der Waals surface area contributed by atoms with Gasteiger partial charge >= 0.3 is 0 Å². The predicted octanol–water partition coefficient (Wildman–Crippen LogP) is 3.40. The maximum atomic E-state index is 6.27. The van der Waals surface area contributed by atoms with Crippen molar-refractivity contribution in [2.75, 3.05) is 20.0 Å². The van der Waals surface area contributed by atoms with Crippen molar-refractivity contribution in [2.24, 2.45) is 5.73 Å². The van der Waals surface area contributed by atoms with Crippen LogP contribution in [0.4, 0.5) is 0 Å². The fraction of sp³-hybridized carbons (Fsp3) is 0.333. The van der Waals surface area contributed by atoms with Crippen molar-refractivity contribution >= 4 is 11.8 Å². The standard InChI is InChI=1S/C15H19NO3S/c1-10-15(6-7-19-10)20-9-13(16)12-8-11(17-2)4-5-14(12)18-3/h4-8,13H,9,16H2,1-3H3. The largest absolute Gasteiger partial charge is 0.497 e. The summed E-state index contributed by atoms with van der Waals surface area (Å²) in [7, 11) is 3.28. The third-order valence-corrected chi connectivity index (χ3v) is 4.33. The predicted molar refractivity (Wildman–Crippen MR) is 80.6 cm³/mol. The Morgan fingerprint density at radius 2 is 2.05 bits per heavy atom. The first-order chi connectivity index (χ1) is 9.65. The summed E-state index contributed by atoms with van der Waals surface area (Å²) >= 11 is 1.67. The van der Waals surface area contributed by atoms with Crippen LogP contribution in [-0.2, 0) is 0 Å². The van der Waals surface area contributed by atoms with Gasteiger partial charge in [0.15, 0.2) is 0 Å². The summed E-state index contributed by atoms with van der Waals surface area (Å²) < 4.78 is 15.9. The molecule has 1 aromatic heterocycles. The summed E-state index contributed by atoms with van der Waals surface area (Å²) in [5.41, 5.74) is 7.22. The Kier molecular flexibility index (Phi) is 4.98. The van der Waals surface area contributed by atoms with Gasteiger partial charge in [-0.2, -0.15) is 0 Å².